The molecule has 0 saturated heterocycles. The standard InChI is InChI=1S/C18H30O4.C17H28O3.C16H26O3.C12H21F3O3.C9H18O3.C8H16O3/c1-4-16(2,3)15(20)22-18-10-13-7-14(11-18)9-17(8-13,12-18)21-6-5-19;1-4-16(2,3)15(18)20-10-17(19)13-6-11-5-12(8-13)9-14(17)7-11;1-4-14(2,3)13(17)19-16-8-11-5-12(9-16)7-15(18,6-11)10-16;1-6-10(3,4)9(16)18-8(2)7-11(5,17)12(13,14)15;1-5-9(3,4)8(11)12-6-7(2)10;1-4-8(2,3)7(10)11-6-5-9/h13-14,19H,4-12H2,1-3H3;11-14,19H,4-10H2,1-3H3;11-12,18H,4-10H2,1-3H3;8,17H,6-7H2,1-5H3;7,10H,5-6H2,1-4H3;9H,4-6H2,1-3H3. The fourth-order valence-corrected chi connectivity index (χ4v) is 16.8. The summed E-state index contributed by atoms with van der Waals surface area (Å²) >= 11 is 0. The average molecular weight is 1460 g/mol. The van der Waals surface area contributed by atoms with Crippen molar-refractivity contribution in [3.05, 3.63) is 0 Å². The predicted octanol–water partition coefficient (Wildman–Crippen LogP) is 14.6. The summed E-state index contributed by atoms with van der Waals surface area (Å²) in [7, 11) is 0. The number of carbonyl (C=O) groups excluding carboxylic acids is 6. The second-order valence-corrected chi connectivity index (χ2v) is 36.8. The third-order valence-corrected chi connectivity index (χ3v) is 25.0. The van der Waals surface area contributed by atoms with Crippen LogP contribution in [0.1, 0.15) is 299 Å². The van der Waals surface area contributed by atoms with Crippen LogP contribution in [0.5, 0.6) is 0 Å². The van der Waals surface area contributed by atoms with E-state index in [-0.39, 0.29) is 79.7 Å². The molecule has 7 unspecified atom stereocenters. The lowest BCUT2D eigenvalue weighted by Crippen LogP contribution is -2.62. The van der Waals surface area contributed by atoms with E-state index in [0.29, 0.717) is 61.9 Å². The van der Waals surface area contributed by atoms with E-state index in [9.17, 15) is 57.3 Å². The molecule has 0 amide bonds. The van der Waals surface area contributed by atoms with Gasteiger partial charge in [0, 0.05) is 19.3 Å². The van der Waals surface area contributed by atoms with E-state index in [2.05, 4.69) is 0 Å². The average Bonchev–Trinajstić information content (AvgIpc) is 0.741. The molecule has 0 aromatic heterocycles. The quantitative estimate of drug-likeness (QED) is 0.0346. The molecule has 102 heavy (non-hydrogen) atoms. The minimum Gasteiger partial charge on any atom is -0.463 e. The maximum Gasteiger partial charge on any atom is 0.417 e. The molecule has 0 aromatic rings. The van der Waals surface area contributed by atoms with Crippen molar-refractivity contribution in [3.8, 4) is 0 Å². The summed E-state index contributed by atoms with van der Waals surface area (Å²) in [5, 5.41) is 57.4. The Morgan fingerprint density at radius 3 is 1.14 bits per heavy atom. The Balaban J connectivity index is 0.000000264. The van der Waals surface area contributed by atoms with Crippen molar-refractivity contribution in [1.29, 1.82) is 0 Å². The van der Waals surface area contributed by atoms with Crippen LogP contribution in [0.2, 0.25) is 0 Å². The lowest BCUT2D eigenvalue weighted by molar-refractivity contribution is -0.261. The molecule has 12 aliphatic rings. The molecular weight excluding hydrogens is 1320 g/mol. The second kappa shape index (κ2) is 35.6. The van der Waals surface area contributed by atoms with Crippen LogP contribution < -0.4 is 0 Å². The molecule has 0 aliphatic heterocycles. The van der Waals surface area contributed by atoms with Crippen molar-refractivity contribution < 1.29 is 106 Å². The fourth-order valence-electron chi connectivity index (χ4n) is 16.8. The molecule has 0 spiro atoms. The summed E-state index contributed by atoms with van der Waals surface area (Å²) < 4.78 is 75.6. The lowest BCUT2D eigenvalue weighted by atomic mass is 9.50. The molecule has 22 heteroatoms. The highest BCUT2D eigenvalue weighted by molar-refractivity contribution is 5.78. The number of aliphatic hydroxyl groups excluding tert-OH is 3. The van der Waals surface area contributed by atoms with Gasteiger partial charge in [0.05, 0.1) is 69.6 Å². The maximum absolute atomic E-state index is 12.6. The van der Waals surface area contributed by atoms with Gasteiger partial charge in [-0.05, 0) is 286 Å². The first-order valence-corrected chi connectivity index (χ1v) is 38.7. The van der Waals surface area contributed by atoms with Gasteiger partial charge in [0.25, 0.3) is 0 Å². The van der Waals surface area contributed by atoms with Crippen molar-refractivity contribution in [2.75, 3.05) is 39.6 Å². The normalized spacial score (nSPS) is 31.4. The van der Waals surface area contributed by atoms with E-state index < -0.39 is 80.1 Å². The Morgan fingerprint density at radius 2 is 0.775 bits per heavy atom. The van der Waals surface area contributed by atoms with Gasteiger partial charge in [-0.3, -0.25) is 28.8 Å². The predicted molar refractivity (Wildman–Crippen MR) is 383 cm³/mol. The summed E-state index contributed by atoms with van der Waals surface area (Å²) in [5.41, 5.74) is -7.86. The van der Waals surface area contributed by atoms with Crippen LogP contribution in [0.3, 0.4) is 0 Å². The number of rotatable bonds is 26. The van der Waals surface area contributed by atoms with Gasteiger partial charge in [-0.2, -0.15) is 13.2 Å². The highest BCUT2D eigenvalue weighted by Crippen LogP contribution is 2.62. The summed E-state index contributed by atoms with van der Waals surface area (Å²) in [5.74, 6) is 3.34. The van der Waals surface area contributed by atoms with E-state index >= 15 is 0 Å². The van der Waals surface area contributed by atoms with E-state index in [1.807, 2.05) is 104 Å². The first-order chi connectivity index (χ1) is 46.7. The number of esters is 6. The van der Waals surface area contributed by atoms with Crippen LogP contribution in [0, 0.1) is 79.8 Å². The largest absolute Gasteiger partial charge is 0.463 e. The van der Waals surface area contributed by atoms with Gasteiger partial charge in [0.2, 0.25) is 0 Å². The number of ether oxygens (including phenoxy) is 7. The summed E-state index contributed by atoms with van der Waals surface area (Å²) in [4.78, 5) is 71.2. The number of carbonyl (C=O) groups is 6. The number of halogens is 3. The van der Waals surface area contributed by atoms with E-state index in [1.54, 1.807) is 27.7 Å². The van der Waals surface area contributed by atoms with Gasteiger partial charge < -0.3 is 63.8 Å². The Kier molecular flexibility index (Phi) is 31.6. The topological polar surface area (TPSA) is 288 Å². The zero-order valence-corrected chi connectivity index (χ0v) is 66.6. The minimum atomic E-state index is -4.74. The molecule has 12 rings (SSSR count). The first kappa shape index (κ1) is 90.7. The number of hydrogen-bond acceptors (Lipinski definition) is 19. The minimum absolute atomic E-state index is 0.0609. The SMILES string of the molecule is CCC(C)(C)C(=O)OC(C)CC(C)(O)C(F)(F)F.CCC(C)(C)C(=O)OC12CC3CC(CC(O)(C3)C1)C2.CCC(C)(C)C(=O)OC12CC3CC(CC(OCCO)(C3)C1)C2.CCC(C)(C)C(=O)OCC(C)O.CCC(C)(C)C(=O)OCC1(O)C2CC3CC(C2)CC1C3.CCC(C)(C)C(=O)OCCO. The van der Waals surface area contributed by atoms with E-state index in [4.69, 9.17) is 48.5 Å². The highest BCUT2D eigenvalue weighted by atomic mass is 19.4. The second-order valence-electron chi connectivity index (χ2n) is 36.8. The van der Waals surface area contributed by atoms with Crippen LogP contribution in [-0.4, -0.2) is 158 Å². The summed E-state index contributed by atoms with van der Waals surface area (Å²) in [6.07, 6.45) is 15.1. The molecule has 594 valence electrons. The maximum atomic E-state index is 12.6. The molecule has 0 radical (unpaired) electrons. The van der Waals surface area contributed by atoms with Crippen LogP contribution in [0.25, 0.3) is 0 Å². The number of hydrogen-bond donors (Lipinski definition) is 6. The Labute approximate surface area is 610 Å². The molecule has 0 heterocycles. The third-order valence-electron chi connectivity index (χ3n) is 25.0. The number of alkyl halides is 3. The Morgan fingerprint density at radius 1 is 0.441 bits per heavy atom. The Bertz CT molecular complexity index is 2670. The van der Waals surface area contributed by atoms with Crippen molar-refractivity contribution in [1.82, 2.24) is 0 Å². The smallest absolute Gasteiger partial charge is 0.417 e. The van der Waals surface area contributed by atoms with Crippen molar-refractivity contribution in [3.63, 3.8) is 0 Å². The summed E-state index contributed by atoms with van der Waals surface area (Å²) in [6, 6.07) is 0. The molecular formula is C80H139F3O19. The summed E-state index contributed by atoms with van der Waals surface area (Å²) in [6.45, 7) is 38.3. The zero-order valence-electron chi connectivity index (χ0n) is 66.6. The molecule has 12 fully saturated rings. The molecule has 6 N–H and O–H groups in total. The molecule has 12 bridgehead atoms. The molecule has 12 aliphatic carbocycles. The highest BCUT2D eigenvalue weighted by Gasteiger charge is 2.63. The van der Waals surface area contributed by atoms with Gasteiger partial charge >= 0.3 is 42.0 Å². The first-order valence-electron chi connectivity index (χ1n) is 38.7. The van der Waals surface area contributed by atoms with Crippen LogP contribution >= 0.6 is 0 Å². The van der Waals surface area contributed by atoms with Crippen molar-refractivity contribution in [2.45, 2.75) is 351 Å². The Hall–Kier alpha value is -3.67. The molecule has 0 aromatic carbocycles. The monoisotopic (exact) mass is 1460 g/mol. The van der Waals surface area contributed by atoms with Crippen molar-refractivity contribution in [2.24, 2.45) is 79.8 Å². The van der Waals surface area contributed by atoms with Gasteiger partial charge in [-0.25, -0.2) is 0 Å². The van der Waals surface area contributed by atoms with Gasteiger partial charge in [-0.1, -0.05) is 41.5 Å². The van der Waals surface area contributed by atoms with E-state index in [0.717, 1.165) is 127 Å². The fraction of sp³-hybridized carbons (Fsp3) is 0.925. The lowest BCUT2D eigenvalue weighted by Gasteiger charge is -2.61. The number of aliphatic hydroxyl groups is 6. The zero-order chi connectivity index (χ0) is 77.9. The van der Waals surface area contributed by atoms with Gasteiger partial charge in [0.15, 0.2) is 5.60 Å². The molecule has 7 atom stereocenters. The van der Waals surface area contributed by atoms with Crippen molar-refractivity contribution >= 4 is 35.8 Å². The third kappa shape index (κ3) is 24.2. The van der Waals surface area contributed by atoms with E-state index in [1.165, 1.54) is 26.2 Å². The molecule has 19 nitrogen and oxygen atoms in total. The van der Waals surface area contributed by atoms with Crippen LogP contribution in [-0.2, 0) is 61.9 Å². The van der Waals surface area contributed by atoms with Gasteiger partial charge in [0.1, 0.15) is 42.7 Å². The van der Waals surface area contributed by atoms with Gasteiger partial charge in [-0.15, -0.1) is 0 Å². The van der Waals surface area contributed by atoms with Crippen LogP contribution in [0.4, 0.5) is 13.2 Å². The molecule has 12 saturated carbocycles. The van der Waals surface area contributed by atoms with Crippen LogP contribution in [0.15, 0.2) is 0 Å².